The Morgan fingerprint density at radius 1 is 1.19 bits per heavy atom. The van der Waals surface area contributed by atoms with Crippen molar-refractivity contribution in [2.45, 2.75) is 33.1 Å². The minimum atomic E-state index is -0.0581. The maximum Gasteiger partial charge on any atom is 0.256 e. The van der Waals surface area contributed by atoms with Crippen LogP contribution in [-0.4, -0.2) is 61.1 Å². The third-order valence-electron chi connectivity index (χ3n) is 6.71. The Morgan fingerprint density at radius 3 is 2.81 bits per heavy atom. The molecule has 7 heteroatoms. The topological polar surface area (TPSA) is 86.5 Å². The van der Waals surface area contributed by atoms with Gasteiger partial charge in [-0.2, -0.15) is 0 Å². The van der Waals surface area contributed by atoms with Crippen LogP contribution in [0.25, 0.3) is 11.1 Å². The molecule has 0 saturated carbocycles. The summed E-state index contributed by atoms with van der Waals surface area (Å²) in [6.45, 7) is 8.76. The molecule has 168 valence electrons. The number of allylic oxidation sites excluding steroid dienone is 1. The van der Waals surface area contributed by atoms with E-state index in [0.717, 1.165) is 103 Å². The fourth-order valence-corrected chi connectivity index (χ4v) is 5.13. The molecule has 0 unspecified atom stereocenters. The zero-order chi connectivity index (χ0) is 22.2. The van der Waals surface area contributed by atoms with Crippen LogP contribution in [0.5, 0.6) is 0 Å². The van der Waals surface area contributed by atoms with Crippen LogP contribution in [0.15, 0.2) is 18.2 Å². The van der Waals surface area contributed by atoms with Gasteiger partial charge in [-0.1, -0.05) is 11.6 Å². The SMILES string of the molecule is Cc1ccc2c(c1)/C(=C1\CCCc3c1[nH]c(C)c3C(=O)NCCN1CCOCC1)C(=O)N2. The maximum absolute atomic E-state index is 13.1. The summed E-state index contributed by atoms with van der Waals surface area (Å²) in [6.07, 6.45) is 2.58. The van der Waals surface area contributed by atoms with Crippen molar-refractivity contribution in [3.63, 3.8) is 0 Å². The third kappa shape index (κ3) is 3.76. The van der Waals surface area contributed by atoms with E-state index >= 15 is 0 Å². The fourth-order valence-electron chi connectivity index (χ4n) is 5.13. The maximum atomic E-state index is 13.1. The van der Waals surface area contributed by atoms with Gasteiger partial charge in [-0.15, -0.1) is 0 Å². The molecule has 0 spiro atoms. The Hall–Kier alpha value is -2.90. The molecule has 3 N–H and O–H groups in total. The predicted octanol–water partition coefficient (Wildman–Crippen LogP) is 2.89. The van der Waals surface area contributed by atoms with E-state index in [1.165, 1.54) is 0 Å². The van der Waals surface area contributed by atoms with Gasteiger partial charge in [0.15, 0.2) is 0 Å². The van der Waals surface area contributed by atoms with E-state index in [1.54, 1.807) is 0 Å². The number of nitrogens with zero attached hydrogens (tertiary/aromatic N) is 1. The van der Waals surface area contributed by atoms with Gasteiger partial charge in [0.1, 0.15) is 0 Å². The second-order valence-corrected chi connectivity index (χ2v) is 8.90. The molecule has 0 radical (unpaired) electrons. The summed E-state index contributed by atoms with van der Waals surface area (Å²) in [4.78, 5) is 31.8. The number of benzene rings is 1. The van der Waals surface area contributed by atoms with Gasteiger partial charge in [-0.3, -0.25) is 14.5 Å². The number of ether oxygens (including phenoxy) is 1. The van der Waals surface area contributed by atoms with Crippen molar-refractivity contribution in [2.24, 2.45) is 0 Å². The molecular formula is C25H30N4O3. The van der Waals surface area contributed by atoms with Crippen LogP contribution in [0.3, 0.4) is 0 Å². The lowest BCUT2D eigenvalue weighted by Crippen LogP contribution is -2.41. The van der Waals surface area contributed by atoms with Crippen LogP contribution in [-0.2, 0) is 16.0 Å². The number of anilines is 1. The highest BCUT2D eigenvalue weighted by Gasteiger charge is 2.33. The number of hydrogen-bond acceptors (Lipinski definition) is 4. The lowest BCUT2D eigenvalue weighted by Gasteiger charge is -2.26. The predicted molar refractivity (Wildman–Crippen MR) is 125 cm³/mol. The first kappa shape index (κ1) is 21.0. The number of rotatable bonds is 4. The van der Waals surface area contributed by atoms with Gasteiger partial charge < -0.3 is 20.4 Å². The van der Waals surface area contributed by atoms with Gasteiger partial charge in [-0.05, 0) is 56.4 Å². The molecule has 1 aromatic carbocycles. The highest BCUT2D eigenvalue weighted by atomic mass is 16.5. The number of nitrogens with one attached hydrogen (secondary N) is 3. The number of carbonyl (C=O) groups excluding carboxylic acids is 2. The molecule has 2 aliphatic heterocycles. The Bertz CT molecular complexity index is 1110. The molecule has 1 aliphatic carbocycles. The third-order valence-corrected chi connectivity index (χ3v) is 6.71. The zero-order valence-electron chi connectivity index (χ0n) is 18.8. The molecule has 3 heterocycles. The summed E-state index contributed by atoms with van der Waals surface area (Å²) in [6, 6.07) is 6.04. The molecule has 1 saturated heterocycles. The van der Waals surface area contributed by atoms with Crippen molar-refractivity contribution < 1.29 is 14.3 Å². The van der Waals surface area contributed by atoms with Gasteiger partial charge in [0.2, 0.25) is 0 Å². The second-order valence-electron chi connectivity index (χ2n) is 8.90. The highest BCUT2D eigenvalue weighted by molar-refractivity contribution is 6.37. The molecular weight excluding hydrogens is 404 g/mol. The number of morpholine rings is 1. The van der Waals surface area contributed by atoms with Crippen molar-refractivity contribution in [1.29, 1.82) is 0 Å². The largest absolute Gasteiger partial charge is 0.379 e. The van der Waals surface area contributed by atoms with Crippen molar-refractivity contribution in [1.82, 2.24) is 15.2 Å². The van der Waals surface area contributed by atoms with E-state index in [9.17, 15) is 9.59 Å². The number of aryl methyl sites for hydroxylation is 2. The van der Waals surface area contributed by atoms with E-state index in [-0.39, 0.29) is 11.8 Å². The second kappa shape index (κ2) is 8.56. The molecule has 5 rings (SSSR count). The molecule has 2 amide bonds. The molecule has 2 aromatic rings. The molecule has 3 aliphatic rings. The van der Waals surface area contributed by atoms with Crippen molar-refractivity contribution in [2.75, 3.05) is 44.7 Å². The average molecular weight is 435 g/mol. The number of H-pyrrole nitrogens is 1. The van der Waals surface area contributed by atoms with E-state index in [4.69, 9.17) is 4.74 Å². The Labute approximate surface area is 188 Å². The van der Waals surface area contributed by atoms with Crippen LogP contribution >= 0.6 is 0 Å². The monoisotopic (exact) mass is 434 g/mol. The summed E-state index contributed by atoms with van der Waals surface area (Å²) >= 11 is 0. The lowest BCUT2D eigenvalue weighted by atomic mass is 9.85. The molecule has 1 aromatic heterocycles. The summed E-state index contributed by atoms with van der Waals surface area (Å²) in [7, 11) is 0. The number of carbonyl (C=O) groups is 2. The first-order valence-electron chi connectivity index (χ1n) is 11.5. The Balaban J connectivity index is 1.43. The highest BCUT2D eigenvalue weighted by Crippen LogP contribution is 2.43. The van der Waals surface area contributed by atoms with Crippen LogP contribution in [0.1, 0.15) is 51.3 Å². The summed E-state index contributed by atoms with van der Waals surface area (Å²) in [5.74, 6) is -0.0937. The minimum absolute atomic E-state index is 0.0355. The van der Waals surface area contributed by atoms with Crippen LogP contribution in [0, 0.1) is 13.8 Å². The lowest BCUT2D eigenvalue weighted by molar-refractivity contribution is -0.110. The number of aromatic nitrogens is 1. The average Bonchev–Trinajstić information content (AvgIpc) is 3.29. The Kier molecular flexibility index (Phi) is 5.61. The normalized spacial score (nSPS) is 20.6. The smallest absolute Gasteiger partial charge is 0.256 e. The summed E-state index contributed by atoms with van der Waals surface area (Å²) in [5.41, 5.74) is 8.29. The number of hydrogen-bond donors (Lipinski definition) is 3. The number of amides is 2. The van der Waals surface area contributed by atoms with Crippen LogP contribution < -0.4 is 10.6 Å². The molecule has 7 nitrogen and oxygen atoms in total. The van der Waals surface area contributed by atoms with Gasteiger partial charge in [-0.25, -0.2) is 0 Å². The van der Waals surface area contributed by atoms with Gasteiger partial charge in [0.05, 0.1) is 24.4 Å². The van der Waals surface area contributed by atoms with E-state index in [1.807, 2.05) is 26.0 Å². The first-order chi connectivity index (χ1) is 15.5. The Morgan fingerprint density at radius 2 is 2.00 bits per heavy atom. The van der Waals surface area contributed by atoms with Gasteiger partial charge in [0, 0.05) is 48.8 Å². The molecule has 0 bridgehead atoms. The molecule has 0 atom stereocenters. The van der Waals surface area contributed by atoms with Crippen molar-refractivity contribution >= 4 is 28.6 Å². The standard InChI is InChI=1S/C25H30N4O3/c1-15-6-7-20-19(14-15)22(25(31)28-20)18-5-3-4-17-21(16(2)27-23(17)18)24(30)26-8-9-29-10-12-32-13-11-29/h6-7,14,27H,3-5,8-13H2,1-2H3,(H,26,30)(H,28,31)/b22-18-. The van der Waals surface area contributed by atoms with Crippen LogP contribution in [0.4, 0.5) is 5.69 Å². The van der Waals surface area contributed by atoms with Crippen LogP contribution in [0.2, 0.25) is 0 Å². The number of fused-ring (bicyclic) bond motifs is 2. The molecule has 32 heavy (non-hydrogen) atoms. The van der Waals surface area contributed by atoms with Gasteiger partial charge >= 0.3 is 0 Å². The van der Waals surface area contributed by atoms with Crippen molar-refractivity contribution in [3.05, 3.63) is 51.8 Å². The summed E-state index contributed by atoms with van der Waals surface area (Å²) in [5, 5.41) is 6.11. The first-order valence-corrected chi connectivity index (χ1v) is 11.5. The van der Waals surface area contributed by atoms with Crippen molar-refractivity contribution in [3.8, 4) is 0 Å². The van der Waals surface area contributed by atoms with E-state index < -0.39 is 0 Å². The van der Waals surface area contributed by atoms with E-state index in [0.29, 0.717) is 6.54 Å². The molecule has 1 fully saturated rings. The van der Waals surface area contributed by atoms with Gasteiger partial charge in [0.25, 0.3) is 11.8 Å². The fraction of sp³-hybridized carbons (Fsp3) is 0.440. The summed E-state index contributed by atoms with van der Waals surface area (Å²) < 4.78 is 5.39. The minimum Gasteiger partial charge on any atom is -0.379 e. The zero-order valence-corrected chi connectivity index (χ0v) is 18.8. The van der Waals surface area contributed by atoms with E-state index in [2.05, 4.69) is 26.6 Å². The quantitative estimate of drug-likeness (QED) is 0.646. The number of aromatic amines is 1.